The van der Waals surface area contributed by atoms with Crippen LogP contribution in [0.25, 0.3) is 10.9 Å². The van der Waals surface area contributed by atoms with E-state index in [2.05, 4.69) is 16.4 Å². The molecule has 2 aromatic rings. The van der Waals surface area contributed by atoms with Gasteiger partial charge in [0, 0.05) is 24.1 Å². The molecule has 5 nitrogen and oxygen atoms in total. The van der Waals surface area contributed by atoms with E-state index >= 15 is 0 Å². The molecule has 0 radical (unpaired) electrons. The quantitative estimate of drug-likeness (QED) is 0.517. The number of rotatable bonds is 4. The molecule has 0 aliphatic carbocycles. The molecular weight excluding hydrogens is 242 g/mol. The summed E-state index contributed by atoms with van der Waals surface area (Å²) in [4.78, 5) is 14.7. The number of nitro benzene ring substituents is 1. The van der Waals surface area contributed by atoms with Crippen LogP contribution in [0.1, 0.15) is 13.8 Å². The second kappa shape index (κ2) is 5.48. The first kappa shape index (κ1) is 13.0. The Bertz CT molecular complexity index is 646. The SMILES string of the molecule is CC(C)=CCNc1ccc2cc([N+](=O)[O-])ccc2n1. The number of anilines is 1. The van der Waals surface area contributed by atoms with E-state index in [-0.39, 0.29) is 5.69 Å². The molecule has 1 N–H and O–H groups in total. The van der Waals surface area contributed by atoms with Crippen LogP contribution in [0.4, 0.5) is 11.5 Å². The maximum Gasteiger partial charge on any atom is 0.270 e. The number of fused-ring (bicyclic) bond motifs is 1. The minimum absolute atomic E-state index is 0.0829. The van der Waals surface area contributed by atoms with Crippen LogP contribution in [0.15, 0.2) is 42.0 Å². The van der Waals surface area contributed by atoms with Crippen LogP contribution < -0.4 is 5.32 Å². The predicted octanol–water partition coefficient (Wildman–Crippen LogP) is 3.52. The zero-order chi connectivity index (χ0) is 13.8. The summed E-state index contributed by atoms with van der Waals surface area (Å²) in [5.74, 6) is 0.763. The van der Waals surface area contributed by atoms with E-state index in [4.69, 9.17) is 0 Å². The molecule has 1 aromatic carbocycles. The van der Waals surface area contributed by atoms with Crippen molar-refractivity contribution in [1.29, 1.82) is 0 Å². The molecule has 0 unspecified atom stereocenters. The smallest absolute Gasteiger partial charge is 0.270 e. The van der Waals surface area contributed by atoms with E-state index in [1.165, 1.54) is 17.7 Å². The summed E-state index contributed by atoms with van der Waals surface area (Å²) >= 11 is 0. The van der Waals surface area contributed by atoms with Crippen molar-refractivity contribution in [3.8, 4) is 0 Å². The zero-order valence-electron chi connectivity index (χ0n) is 10.9. The van der Waals surface area contributed by atoms with Crippen LogP contribution >= 0.6 is 0 Å². The van der Waals surface area contributed by atoms with Gasteiger partial charge in [0.15, 0.2) is 0 Å². The van der Waals surface area contributed by atoms with Gasteiger partial charge in [0.05, 0.1) is 10.4 Å². The van der Waals surface area contributed by atoms with Crippen LogP contribution in [0, 0.1) is 10.1 Å². The molecule has 0 fully saturated rings. The monoisotopic (exact) mass is 257 g/mol. The van der Waals surface area contributed by atoms with Gasteiger partial charge in [-0.2, -0.15) is 0 Å². The molecule has 0 saturated carbocycles. The number of hydrogen-bond donors (Lipinski definition) is 1. The Morgan fingerprint density at radius 2 is 2.16 bits per heavy atom. The number of nitrogens with zero attached hydrogens (tertiary/aromatic N) is 2. The third kappa shape index (κ3) is 3.28. The minimum Gasteiger partial charge on any atom is -0.367 e. The third-order valence-corrected chi connectivity index (χ3v) is 2.68. The first-order valence-corrected chi connectivity index (χ1v) is 5.99. The average Bonchev–Trinajstić information content (AvgIpc) is 2.37. The molecule has 0 saturated heterocycles. The van der Waals surface area contributed by atoms with Gasteiger partial charge in [0.2, 0.25) is 0 Å². The first-order chi connectivity index (χ1) is 9.06. The number of nitrogens with one attached hydrogen (secondary N) is 1. The molecule has 1 heterocycles. The summed E-state index contributed by atoms with van der Waals surface area (Å²) in [6.07, 6.45) is 2.07. The van der Waals surface area contributed by atoms with Crippen molar-refractivity contribution in [2.45, 2.75) is 13.8 Å². The van der Waals surface area contributed by atoms with Gasteiger partial charge >= 0.3 is 0 Å². The second-order valence-electron chi connectivity index (χ2n) is 4.49. The molecule has 0 spiro atoms. The standard InChI is InChI=1S/C14H15N3O2/c1-10(2)7-8-15-14-6-3-11-9-12(17(18)19)4-5-13(11)16-14/h3-7,9H,8H2,1-2H3,(H,15,16). The lowest BCUT2D eigenvalue weighted by molar-refractivity contribution is -0.384. The highest BCUT2D eigenvalue weighted by atomic mass is 16.6. The van der Waals surface area contributed by atoms with Crippen LogP contribution in [-0.4, -0.2) is 16.5 Å². The summed E-state index contributed by atoms with van der Waals surface area (Å²) in [6, 6.07) is 8.32. The number of pyridine rings is 1. The lowest BCUT2D eigenvalue weighted by Crippen LogP contribution is -2.01. The Morgan fingerprint density at radius 3 is 2.84 bits per heavy atom. The molecule has 1 aromatic heterocycles. The highest BCUT2D eigenvalue weighted by Gasteiger charge is 2.06. The predicted molar refractivity (Wildman–Crippen MR) is 76.3 cm³/mol. The molecule has 0 atom stereocenters. The van der Waals surface area contributed by atoms with Crippen molar-refractivity contribution < 1.29 is 4.92 Å². The number of allylic oxidation sites excluding steroid dienone is 1. The van der Waals surface area contributed by atoms with E-state index in [9.17, 15) is 10.1 Å². The Morgan fingerprint density at radius 1 is 1.37 bits per heavy atom. The minimum atomic E-state index is -0.402. The molecule has 0 amide bonds. The number of hydrogen-bond acceptors (Lipinski definition) is 4. The van der Waals surface area contributed by atoms with E-state index < -0.39 is 4.92 Å². The fraction of sp³-hybridized carbons (Fsp3) is 0.214. The van der Waals surface area contributed by atoms with Crippen LogP contribution in [0.2, 0.25) is 0 Å². The largest absolute Gasteiger partial charge is 0.367 e. The van der Waals surface area contributed by atoms with Crippen molar-refractivity contribution in [2.24, 2.45) is 0 Å². The zero-order valence-corrected chi connectivity index (χ0v) is 10.9. The summed E-state index contributed by atoms with van der Waals surface area (Å²) in [7, 11) is 0. The maximum atomic E-state index is 10.7. The average molecular weight is 257 g/mol. The Labute approximate surface area is 111 Å². The maximum absolute atomic E-state index is 10.7. The number of aromatic nitrogens is 1. The highest BCUT2D eigenvalue weighted by molar-refractivity contribution is 5.82. The van der Waals surface area contributed by atoms with E-state index in [1.54, 1.807) is 6.07 Å². The summed E-state index contributed by atoms with van der Waals surface area (Å²) in [5, 5.41) is 14.6. The van der Waals surface area contributed by atoms with Crippen LogP contribution in [0.5, 0.6) is 0 Å². The number of nitro groups is 1. The van der Waals surface area contributed by atoms with Gasteiger partial charge in [0.1, 0.15) is 5.82 Å². The van der Waals surface area contributed by atoms with Gasteiger partial charge in [-0.05, 0) is 32.0 Å². The van der Waals surface area contributed by atoms with Gasteiger partial charge in [-0.25, -0.2) is 4.98 Å². The van der Waals surface area contributed by atoms with E-state index in [0.29, 0.717) is 6.54 Å². The van der Waals surface area contributed by atoms with Gasteiger partial charge in [0.25, 0.3) is 5.69 Å². The van der Waals surface area contributed by atoms with Gasteiger partial charge in [-0.15, -0.1) is 0 Å². The molecular formula is C14H15N3O2. The van der Waals surface area contributed by atoms with Crippen molar-refractivity contribution in [3.63, 3.8) is 0 Å². The van der Waals surface area contributed by atoms with Crippen LogP contribution in [0.3, 0.4) is 0 Å². The molecule has 2 rings (SSSR count). The van der Waals surface area contributed by atoms with Crippen molar-refractivity contribution in [1.82, 2.24) is 4.98 Å². The molecule has 98 valence electrons. The fourth-order valence-electron chi connectivity index (χ4n) is 1.68. The lowest BCUT2D eigenvalue weighted by Gasteiger charge is -2.04. The number of non-ortho nitro benzene ring substituents is 1. The molecule has 0 aliphatic heterocycles. The third-order valence-electron chi connectivity index (χ3n) is 2.68. The Balaban J connectivity index is 2.24. The van der Waals surface area contributed by atoms with Crippen molar-refractivity contribution >= 4 is 22.4 Å². The molecule has 0 aliphatic rings. The van der Waals surface area contributed by atoms with E-state index in [1.807, 2.05) is 26.0 Å². The van der Waals surface area contributed by atoms with Crippen LogP contribution in [-0.2, 0) is 0 Å². The Hall–Kier alpha value is -2.43. The lowest BCUT2D eigenvalue weighted by atomic mass is 10.2. The van der Waals surface area contributed by atoms with E-state index in [0.717, 1.165) is 16.7 Å². The normalized spacial score (nSPS) is 10.2. The summed E-state index contributed by atoms with van der Waals surface area (Å²) in [5.41, 5.74) is 2.07. The van der Waals surface area contributed by atoms with Crippen molar-refractivity contribution in [3.05, 3.63) is 52.1 Å². The van der Waals surface area contributed by atoms with Gasteiger partial charge in [-0.3, -0.25) is 10.1 Å². The summed E-state index contributed by atoms with van der Waals surface area (Å²) < 4.78 is 0. The van der Waals surface area contributed by atoms with Gasteiger partial charge < -0.3 is 5.32 Å². The van der Waals surface area contributed by atoms with Crippen molar-refractivity contribution in [2.75, 3.05) is 11.9 Å². The first-order valence-electron chi connectivity index (χ1n) is 5.99. The second-order valence-corrected chi connectivity index (χ2v) is 4.49. The fourth-order valence-corrected chi connectivity index (χ4v) is 1.68. The molecule has 19 heavy (non-hydrogen) atoms. The van der Waals surface area contributed by atoms with Gasteiger partial charge in [-0.1, -0.05) is 11.6 Å². The highest BCUT2D eigenvalue weighted by Crippen LogP contribution is 2.20. The topological polar surface area (TPSA) is 68.1 Å². The Kier molecular flexibility index (Phi) is 3.75. The molecule has 0 bridgehead atoms. The number of benzene rings is 1. The molecule has 5 heteroatoms. The summed E-state index contributed by atoms with van der Waals surface area (Å²) in [6.45, 7) is 4.79.